The van der Waals surface area contributed by atoms with Crippen LogP contribution in [0.2, 0.25) is 5.15 Å². The van der Waals surface area contributed by atoms with Crippen LogP contribution in [0.25, 0.3) is 0 Å². The van der Waals surface area contributed by atoms with Gasteiger partial charge < -0.3 is 9.47 Å². The number of aromatic nitrogens is 1. The molecule has 1 rings (SSSR count). The van der Waals surface area contributed by atoms with Gasteiger partial charge in [0.25, 0.3) is 4.87 Å². The first-order valence-electron chi connectivity index (χ1n) is 4.90. The highest BCUT2D eigenvalue weighted by Gasteiger charge is 2.54. The predicted octanol–water partition coefficient (Wildman–Crippen LogP) is 1.24. The van der Waals surface area contributed by atoms with Crippen LogP contribution < -0.4 is 0 Å². The molecule has 0 bridgehead atoms. The molecule has 0 N–H and O–H groups in total. The quantitative estimate of drug-likeness (QED) is 0.274. The number of ketones is 1. The first-order valence-corrected chi connectivity index (χ1v) is 5.65. The van der Waals surface area contributed by atoms with Crippen molar-refractivity contribution in [3.8, 4) is 0 Å². The van der Waals surface area contributed by atoms with E-state index in [0.717, 1.165) is 14.2 Å². The first-order chi connectivity index (χ1) is 8.87. The Bertz CT molecular complexity index is 516. The molecule has 102 valence electrons. The van der Waals surface area contributed by atoms with Gasteiger partial charge >= 0.3 is 11.9 Å². The second kappa shape index (κ2) is 5.99. The molecule has 0 saturated carbocycles. The second-order valence-electron chi connectivity index (χ2n) is 3.34. The van der Waals surface area contributed by atoms with Crippen molar-refractivity contribution in [2.24, 2.45) is 0 Å². The number of hydrogen-bond acceptors (Lipinski definition) is 6. The molecule has 0 amide bonds. The molecule has 19 heavy (non-hydrogen) atoms. The molecular formula is C11H9Cl2NO5. The maximum absolute atomic E-state index is 12.2. The van der Waals surface area contributed by atoms with E-state index < -0.39 is 22.6 Å². The highest BCUT2D eigenvalue weighted by atomic mass is 35.5. The summed E-state index contributed by atoms with van der Waals surface area (Å²) in [5.41, 5.74) is -0.0641. The number of carbonyl (C=O) groups is 3. The normalized spacial score (nSPS) is 10.7. The minimum atomic E-state index is -2.60. The Morgan fingerprint density at radius 1 is 1.21 bits per heavy atom. The van der Waals surface area contributed by atoms with Crippen molar-refractivity contribution in [1.82, 2.24) is 4.98 Å². The van der Waals surface area contributed by atoms with E-state index in [1.807, 2.05) is 0 Å². The summed E-state index contributed by atoms with van der Waals surface area (Å²) in [6.07, 6.45) is 1.24. The molecule has 0 aliphatic rings. The molecule has 0 aliphatic carbocycles. The summed E-state index contributed by atoms with van der Waals surface area (Å²) in [6.45, 7) is 0. The molecule has 1 heterocycles. The molecule has 6 nitrogen and oxygen atoms in total. The minimum absolute atomic E-state index is 0.0135. The number of esters is 2. The molecule has 0 fully saturated rings. The van der Waals surface area contributed by atoms with Gasteiger partial charge in [-0.15, -0.1) is 0 Å². The Balaban J connectivity index is 3.30. The number of alkyl halides is 1. The smallest absolute Gasteiger partial charge is 0.346 e. The summed E-state index contributed by atoms with van der Waals surface area (Å²) in [4.78, 5) is 36.5. The van der Waals surface area contributed by atoms with Crippen molar-refractivity contribution < 1.29 is 23.9 Å². The van der Waals surface area contributed by atoms with E-state index in [-0.39, 0.29) is 10.7 Å². The van der Waals surface area contributed by atoms with Gasteiger partial charge in [0.2, 0.25) is 5.78 Å². The molecular weight excluding hydrogens is 297 g/mol. The number of Topliss-reactive ketones (excluding diaryl/α,β-unsaturated/α-hetero) is 1. The van der Waals surface area contributed by atoms with Crippen LogP contribution in [-0.2, 0) is 19.1 Å². The number of ether oxygens (including phenoxy) is 2. The number of nitrogens with zero attached hydrogens (tertiary/aromatic N) is 1. The lowest BCUT2D eigenvalue weighted by molar-refractivity contribution is -0.154. The van der Waals surface area contributed by atoms with E-state index in [1.54, 1.807) is 0 Å². The second-order valence-corrected chi connectivity index (χ2v) is 4.29. The predicted molar refractivity (Wildman–Crippen MR) is 66.2 cm³/mol. The number of rotatable bonds is 4. The third kappa shape index (κ3) is 2.85. The Morgan fingerprint density at radius 3 is 2.16 bits per heavy atom. The number of hydrogen-bond donors (Lipinski definition) is 0. The average molecular weight is 306 g/mol. The fraction of sp³-hybridized carbons (Fsp3) is 0.273. The van der Waals surface area contributed by atoms with Crippen LogP contribution in [0.4, 0.5) is 0 Å². The Morgan fingerprint density at radius 2 is 1.74 bits per heavy atom. The van der Waals surface area contributed by atoms with Crippen LogP contribution in [-0.4, -0.2) is 41.8 Å². The molecule has 0 aliphatic heterocycles. The van der Waals surface area contributed by atoms with Gasteiger partial charge in [-0.05, 0) is 12.1 Å². The molecule has 0 spiro atoms. The zero-order valence-electron chi connectivity index (χ0n) is 9.98. The van der Waals surface area contributed by atoms with Gasteiger partial charge in [0.05, 0.1) is 14.2 Å². The van der Waals surface area contributed by atoms with Crippen LogP contribution >= 0.6 is 23.2 Å². The summed E-state index contributed by atoms with van der Waals surface area (Å²) in [5, 5.41) is 0.0135. The zero-order chi connectivity index (χ0) is 14.6. The van der Waals surface area contributed by atoms with Gasteiger partial charge in [-0.3, -0.25) is 4.79 Å². The highest BCUT2D eigenvalue weighted by molar-refractivity contribution is 6.58. The largest absolute Gasteiger partial charge is 0.467 e. The molecule has 0 atom stereocenters. The van der Waals surface area contributed by atoms with Crippen LogP contribution in [0, 0.1) is 0 Å². The van der Waals surface area contributed by atoms with Gasteiger partial charge in [0.15, 0.2) is 0 Å². The maximum atomic E-state index is 12.2. The molecule has 1 aromatic heterocycles. The monoisotopic (exact) mass is 305 g/mol. The van der Waals surface area contributed by atoms with Crippen molar-refractivity contribution in [3.05, 3.63) is 29.0 Å². The van der Waals surface area contributed by atoms with E-state index in [9.17, 15) is 14.4 Å². The van der Waals surface area contributed by atoms with Gasteiger partial charge in [0.1, 0.15) is 5.15 Å². The van der Waals surface area contributed by atoms with E-state index >= 15 is 0 Å². The van der Waals surface area contributed by atoms with Crippen LogP contribution in [0.3, 0.4) is 0 Å². The van der Waals surface area contributed by atoms with Crippen molar-refractivity contribution in [1.29, 1.82) is 0 Å². The van der Waals surface area contributed by atoms with Crippen molar-refractivity contribution in [3.63, 3.8) is 0 Å². The van der Waals surface area contributed by atoms with Crippen molar-refractivity contribution >= 4 is 40.9 Å². The van der Waals surface area contributed by atoms with Crippen molar-refractivity contribution in [2.75, 3.05) is 14.2 Å². The average Bonchev–Trinajstić information content (AvgIpc) is 2.43. The van der Waals surface area contributed by atoms with Gasteiger partial charge in [0, 0.05) is 11.8 Å². The summed E-state index contributed by atoms with van der Waals surface area (Å²) < 4.78 is 8.74. The molecule has 0 radical (unpaired) electrons. The zero-order valence-corrected chi connectivity index (χ0v) is 11.5. The number of carbonyl (C=O) groups excluding carboxylic acids is 3. The van der Waals surface area contributed by atoms with E-state index in [1.165, 1.54) is 18.3 Å². The number of pyridine rings is 1. The molecule has 1 aromatic rings. The van der Waals surface area contributed by atoms with Crippen LogP contribution in [0.1, 0.15) is 10.4 Å². The Hall–Kier alpha value is -1.66. The maximum Gasteiger partial charge on any atom is 0.346 e. The topological polar surface area (TPSA) is 82.6 Å². The lowest BCUT2D eigenvalue weighted by atomic mass is 9.97. The Kier molecular flexibility index (Phi) is 4.85. The van der Waals surface area contributed by atoms with Crippen molar-refractivity contribution in [2.45, 2.75) is 4.87 Å². The van der Waals surface area contributed by atoms with E-state index in [4.69, 9.17) is 23.2 Å². The van der Waals surface area contributed by atoms with Gasteiger partial charge in [-0.1, -0.05) is 23.2 Å². The lowest BCUT2D eigenvalue weighted by Gasteiger charge is -2.19. The molecule has 8 heteroatoms. The van der Waals surface area contributed by atoms with Crippen LogP contribution in [0.5, 0.6) is 0 Å². The molecule has 0 saturated heterocycles. The summed E-state index contributed by atoms with van der Waals surface area (Å²) >= 11 is 11.4. The third-order valence-electron chi connectivity index (χ3n) is 2.23. The van der Waals surface area contributed by atoms with E-state index in [2.05, 4.69) is 14.5 Å². The van der Waals surface area contributed by atoms with E-state index in [0.29, 0.717) is 0 Å². The van der Waals surface area contributed by atoms with Crippen LogP contribution in [0.15, 0.2) is 18.3 Å². The fourth-order valence-corrected chi connectivity index (χ4v) is 1.73. The third-order valence-corrected chi connectivity index (χ3v) is 2.92. The lowest BCUT2D eigenvalue weighted by Crippen LogP contribution is -2.50. The minimum Gasteiger partial charge on any atom is -0.467 e. The Labute approximate surface area is 118 Å². The van der Waals surface area contributed by atoms with Gasteiger partial charge in [-0.25, -0.2) is 14.6 Å². The summed E-state index contributed by atoms with van der Waals surface area (Å²) in [5.74, 6) is -3.48. The number of methoxy groups -OCH3 is 2. The molecule has 0 aromatic carbocycles. The van der Waals surface area contributed by atoms with Gasteiger partial charge in [-0.2, -0.15) is 0 Å². The SMILES string of the molecule is COC(=O)C(Cl)(C(=O)OC)C(=O)c1ccnc(Cl)c1. The summed E-state index contributed by atoms with van der Waals surface area (Å²) in [7, 11) is 1.99. The molecule has 0 unspecified atom stereocenters. The standard InChI is InChI=1S/C11H9Cl2NO5/c1-18-9(16)11(13,10(17)19-2)8(15)6-3-4-14-7(12)5-6/h3-5H,1-2H3. The first kappa shape index (κ1) is 15.4. The summed E-state index contributed by atoms with van der Waals surface area (Å²) in [6, 6.07) is 2.43. The number of halogens is 2. The fourth-order valence-electron chi connectivity index (χ4n) is 1.29. The highest BCUT2D eigenvalue weighted by Crippen LogP contribution is 2.25.